The van der Waals surface area contributed by atoms with Crippen LogP contribution in [0.5, 0.6) is 0 Å². The van der Waals surface area contributed by atoms with Gasteiger partial charge < -0.3 is 15.4 Å². The SMILES string of the molecule is CCC(N)CC(=O)N1CCC(C(=O)OC)CC1. The summed E-state index contributed by atoms with van der Waals surface area (Å²) in [4.78, 5) is 25.0. The third-order valence-corrected chi connectivity index (χ3v) is 3.34. The molecule has 98 valence electrons. The minimum atomic E-state index is -0.164. The number of nitrogens with two attached hydrogens (primary N) is 1. The predicted molar refractivity (Wildman–Crippen MR) is 64.2 cm³/mol. The van der Waals surface area contributed by atoms with Gasteiger partial charge in [-0.2, -0.15) is 0 Å². The van der Waals surface area contributed by atoms with Gasteiger partial charge in [0, 0.05) is 25.6 Å². The number of rotatable bonds is 4. The lowest BCUT2D eigenvalue weighted by Crippen LogP contribution is -2.42. The molecule has 1 rings (SSSR count). The molecule has 5 heteroatoms. The Morgan fingerprint density at radius 3 is 2.47 bits per heavy atom. The van der Waals surface area contributed by atoms with Gasteiger partial charge in [-0.15, -0.1) is 0 Å². The van der Waals surface area contributed by atoms with Crippen LogP contribution >= 0.6 is 0 Å². The Balaban J connectivity index is 2.36. The Morgan fingerprint density at radius 2 is 2.00 bits per heavy atom. The number of carbonyl (C=O) groups excluding carboxylic acids is 2. The van der Waals surface area contributed by atoms with Crippen molar-refractivity contribution in [3.8, 4) is 0 Å². The van der Waals surface area contributed by atoms with E-state index in [-0.39, 0.29) is 23.8 Å². The molecule has 5 nitrogen and oxygen atoms in total. The highest BCUT2D eigenvalue weighted by Gasteiger charge is 2.28. The molecule has 1 saturated heterocycles. The molecule has 1 amide bonds. The lowest BCUT2D eigenvalue weighted by Gasteiger charge is -2.31. The van der Waals surface area contributed by atoms with Gasteiger partial charge >= 0.3 is 5.97 Å². The predicted octanol–water partition coefficient (Wildman–Crippen LogP) is 0.525. The molecule has 0 saturated carbocycles. The van der Waals surface area contributed by atoms with Gasteiger partial charge in [0.1, 0.15) is 0 Å². The first-order valence-corrected chi connectivity index (χ1v) is 6.19. The maximum absolute atomic E-state index is 11.8. The Bertz CT molecular complexity index is 273. The van der Waals surface area contributed by atoms with Crippen molar-refractivity contribution in [2.45, 2.75) is 38.6 Å². The fourth-order valence-corrected chi connectivity index (χ4v) is 2.03. The number of nitrogens with zero attached hydrogens (tertiary/aromatic N) is 1. The van der Waals surface area contributed by atoms with Crippen molar-refractivity contribution in [2.75, 3.05) is 20.2 Å². The molecular weight excluding hydrogens is 220 g/mol. The Hall–Kier alpha value is -1.10. The molecule has 1 aliphatic heterocycles. The van der Waals surface area contributed by atoms with E-state index in [9.17, 15) is 9.59 Å². The number of piperidine rings is 1. The molecule has 0 spiro atoms. The van der Waals surface area contributed by atoms with E-state index in [1.807, 2.05) is 6.92 Å². The van der Waals surface area contributed by atoms with Gasteiger partial charge in [-0.25, -0.2) is 0 Å². The van der Waals surface area contributed by atoms with Crippen LogP contribution in [-0.2, 0) is 14.3 Å². The molecule has 0 aromatic carbocycles. The minimum absolute atomic E-state index is 0.0519. The standard InChI is InChI=1S/C12H22N2O3/c1-3-10(13)8-11(15)14-6-4-9(5-7-14)12(16)17-2/h9-10H,3-8,13H2,1-2H3. The summed E-state index contributed by atoms with van der Waals surface area (Å²) in [6.45, 7) is 3.24. The first-order valence-electron chi connectivity index (χ1n) is 6.19. The average Bonchev–Trinajstić information content (AvgIpc) is 2.37. The molecule has 2 N–H and O–H groups in total. The average molecular weight is 242 g/mol. The molecule has 1 unspecified atom stereocenters. The second kappa shape index (κ2) is 6.59. The molecule has 0 bridgehead atoms. The Kier molecular flexibility index (Phi) is 5.41. The first kappa shape index (κ1) is 14.0. The highest BCUT2D eigenvalue weighted by atomic mass is 16.5. The van der Waals surface area contributed by atoms with Crippen LogP contribution in [-0.4, -0.2) is 43.0 Å². The number of ether oxygens (including phenoxy) is 1. The zero-order valence-corrected chi connectivity index (χ0v) is 10.6. The number of hydrogen-bond donors (Lipinski definition) is 1. The highest BCUT2D eigenvalue weighted by Crippen LogP contribution is 2.19. The minimum Gasteiger partial charge on any atom is -0.469 e. The number of methoxy groups -OCH3 is 1. The van der Waals surface area contributed by atoms with E-state index in [0.29, 0.717) is 32.4 Å². The van der Waals surface area contributed by atoms with Crippen molar-refractivity contribution in [3.05, 3.63) is 0 Å². The van der Waals surface area contributed by atoms with Gasteiger partial charge in [0.05, 0.1) is 13.0 Å². The lowest BCUT2D eigenvalue weighted by molar-refractivity contribution is -0.149. The van der Waals surface area contributed by atoms with Gasteiger partial charge in [0.25, 0.3) is 0 Å². The summed E-state index contributed by atoms with van der Waals surface area (Å²) in [5.41, 5.74) is 5.76. The third-order valence-electron chi connectivity index (χ3n) is 3.34. The Morgan fingerprint density at radius 1 is 1.41 bits per heavy atom. The van der Waals surface area contributed by atoms with Crippen molar-refractivity contribution < 1.29 is 14.3 Å². The van der Waals surface area contributed by atoms with Gasteiger partial charge in [-0.3, -0.25) is 9.59 Å². The quantitative estimate of drug-likeness (QED) is 0.730. The molecule has 0 radical (unpaired) electrons. The molecule has 0 aliphatic carbocycles. The maximum atomic E-state index is 11.8. The lowest BCUT2D eigenvalue weighted by atomic mass is 9.96. The second-order valence-electron chi connectivity index (χ2n) is 4.55. The van der Waals surface area contributed by atoms with Gasteiger partial charge in [-0.1, -0.05) is 6.92 Å². The van der Waals surface area contributed by atoms with E-state index < -0.39 is 0 Å². The van der Waals surface area contributed by atoms with Crippen LogP contribution in [0.15, 0.2) is 0 Å². The summed E-state index contributed by atoms with van der Waals surface area (Å²) in [5, 5.41) is 0. The molecule has 0 aromatic heterocycles. The Labute approximate surface area is 102 Å². The molecule has 17 heavy (non-hydrogen) atoms. The summed E-state index contributed by atoms with van der Waals surface area (Å²) >= 11 is 0. The molecule has 1 aliphatic rings. The van der Waals surface area contributed by atoms with Crippen LogP contribution in [0.4, 0.5) is 0 Å². The van der Waals surface area contributed by atoms with Crippen molar-refractivity contribution in [1.82, 2.24) is 4.90 Å². The maximum Gasteiger partial charge on any atom is 0.308 e. The monoisotopic (exact) mass is 242 g/mol. The van der Waals surface area contributed by atoms with E-state index in [1.54, 1.807) is 4.90 Å². The van der Waals surface area contributed by atoms with Crippen molar-refractivity contribution in [2.24, 2.45) is 11.7 Å². The molecule has 1 atom stereocenters. The first-order chi connectivity index (χ1) is 8.08. The van der Waals surface area contributed by atoms with Crippen LogP contribution in [0.3, 0.4) is 0 Å². The van der Waals surface area contributed by atoms with Crippen LogP contribution < -0.4 is 5.73 Å². The summed E-state index contributed by atoms with van der Waals surface area (Å²) in [6, 6.07) is -0.0548. The van der Waals surface area contributed by atoms with Crippen LogP contribution in [0.1, 0.15) is 32.6 Å². The number of amides is 1. The van der Waals surface area contributed by atoms with Gasteiger partial charge in [-0.05, 0) is 19.3 Å². The van der Waals surface area contributed by atoms with E-state index in [2.05, 4.69) is 0 Å². The van der Waals surface area contributed by atoms with Gasteiger partial charge in [0.2, 0.25) is 5.91 Å². The van der Waals surface area contributed by atoms with E-state index >= 15 is 0 Å². The van der Waals surface area contributed by atoms with Crippen LogP contribution in [0.2, 0.25) is 0 Å². The van der Waals surface area contributed by atoms with E-state index in [4.69, 9.17) is 10.5 Å². The fraction of sp³-hybridized carbons (Fsp3) is 0.833. The van der Waals surface area contributed by atoms with Crippen LogP contribution in [0, 0.1) is 5.92 Å². The van der Waals surface area contributed by atoms with E-state index in [1.165, 1.54) is 7.11 Å². The van der Waals surface area contributed by atoms with Crippen LogP contribution in [0.25, 0.3) is 0 Å². The van der Waals surface area contributed by atoms with Crippen molar-refractivity contribution in [3.63, 3.8) is 0 Å². The topological polar surface area (TPSA) is 72.6 Å². The summed E-state index contributed by atoms with van der Waals surface area (Å²) < 4.78 is 4.70. The summed E-state index contributed by atoms with van der Waals surface area (Å²) in [6.07, 6.45) is 2.60. The summed E-state index contributed by atoms with van der Waals surface area (Å²) in [7, 11) is 1.40. The number of esters is 1. The smallest absolute Gasteiger partial charge is 0.308 e. The zero-order chi connectivity index (χ0) is 12.8. The number of carbonyl (C=O) groups is 2. The molecular formula is C12H22N2O3. The fourth-order valence-electron chi connectivity index (χ4n) is 2.03. The van der Waals surface area contributed by atoms with E-state index in [0.717, 1.165) is 6.42 Å². The molecule has 0 aromatic rings. The molecule has 1 fully saturated rings. The summed E-state index contributed by atoms with van der Waals surface area (Å²) in [5.74, 6) is -0.117. The zero-order valence-electron chi connectivity index (χ0n) is 10.6. The molecule has 1 heterocycles. The normalized spacial score (nSPS) is 18.9. The largest absolute Gasteiger partial charge is 0.469 e. The number of hydrogen-bond acceptors (Lipinski definition) is 4. The van der Waals surface area contributed by atoms with Crippen molar-refractivity contribution in [1.29, 1.82) is 0 Å². The van der Waals surface area contributed by atoms with Crippen molar-refractivity contribution >= 4 is 11.9 Å². The van der Waals surface area contributed by atoms with Gasteiger partial charge in [0.15, 0.2) is 0 Å². The highest BCUT2D eigenvalue weighted by molar-refractivity contribution is 5.77. The third kappa shape index (κ3) is 4.00. The number of likely N-dealkylation sites (tertiary alicyclic amines) is 1. The second-order valence-corrected chi connectivity index (χ2v) is 4.55.